The van der Waals surface area contributed by atoms with Gasteiger partial charge in [0.2, 0.25) is 0 Å². The second-order valence-corrected chi connectivity index (χ2v) is 8.59. The highest BCUT2D eigenvalue weighted by Crippen LogP contribution is 2.26. The van der Waals surface area contributed by atoms with Gasteiger partial charge in [0.05, 0.1) is 5.57 Å². The maximum atomic E-state index is 13.6. The number of aliphatic carboxylic acids is 1. The van der Waals surface area contributed by atoms with E-state index in [1.807, 2.05) is 67.3 Å². The summed E-state index contributed by atoms with van der Waals surface area (Å²) < 4.78 is 6.16. The van der Waals surface area contributed by atoms with Crippen molar-refractivity contribution in [2.75, 3.05) is 19.7 Å². The second-order valence-electron chi connectivity index (χ2n) is 8.59. The molecule has 1 saturated heterocycles. The van der Waals surface area contributed by atoms with Crippen LogP contribution in [0, 0.1) is 0 Å². The third-order valence-electron chi connectivity index (χ3n) is 5.86. The first-order valence-corrected chi connectivity index (χ1v) is 11.5. The number of carboxylic acids is 1. The molecule has 0 aromatic heterocycles. The summed E-state index contributed by atoms with van der Waals surface area (Å²) in [6.07, 6.45) is 5.01. The van der Waals surface area contributed by atoms with E-state index < -0.39 is 5.97 Å². The van der Waals surface area contributed by atoms with Crippen LogP contribution < -0.4 is 10.1 Å². The number of benzene rings is 2. The molecule has 6 heteroatoms. The van der Waals surface area contributed by atoms with Crippen molar-refractivity contribution in [2.45, 2.75) is 58.0 Å². The summed E-state index contributed by atoms with van der Waals surface area (Å²) in [5, 5.41) is 14.3. The van der Waals surface area contributed by atoms with E-state index in [1.54, 1.807) is 0 Å². The molecule has 172 valence electrons. The predicted octanol–water partition coefficient (Wildman–Crippen LogP) is 4.39. The third kappa shape index (κ3) is 6.33. The Hall–Kier alpha value is -2.86. The van der Waals surface area contributed by atoms with Crippen molar-refractivity contribution in [2.24, 2.45) is 0 Å². The third-order valence-corrected chi connectivity index (χ3v) is 5.86. The summed E-state index contributed by atoms with van der Waals surface area (Å²) in [5.41, 5.74) is 0.633. The van der Waals surface area contributed by atoms with Crippen LogP contribution in [0.5, 0.6) is 5.75 Å². The quantitative estimate of drug-likeness (QED) is 0.402. The number of carboxylic acid groups (broad SMARTS) is 1. The van der Waals surface area contributed by atoms with Gasteiger partial charge in [-0.25, -0.2) is 0 Å². The number of ether oxygens (including phenoxy) is 1. The van der Waals surface area contributed by atoms with Crippen LogP contribution in [0.25, 0.3) is 10.8 Å². The smallest absolute Gasteiger partial charge is 0.303 e. The van der Waals surface area contributed by atoms with Crippen molar-refractivity contribution in [3.05, 3.63) is 54.1 Å². The molecule has 1 heterocycles. The first-order valence-electron chi connectivity index (χ1n) is 11.5. The van der Waals surface area contributed by atoms with Gasteiger partial charge in [0, 0.05) is 30.4 Å². The van der Waals surface area contributed by atoms with Crippen LogP contribution in [0.15, 0.2) is 54.1 Å². The number of hydrogen-bond donors (Lipinski definition) is 2. The molecule has 0 radical (unpaired) electrons. The summed E-state index contributed by atoms with van der Waals surface area (Å²) in [4.78, 5) is 26.3. The molecule has 1 atom stereocenters. The zero-order valence-electron chi connectivity index (χ0n) is 19.0. The van der Waals surface area contributed by atoms with Gasteiger partial charge in [-0.2, -0.15) is 0 Å². The van der Waals surface area contributed by atoms with Crippen LogP contribution >= 0.6 is 0 Å². The summed E-state index contributed by atoms with van der Waals surface area (Å²) >= 11 is 0. The number of carbonyl (C=O) groups is 2. The Labute approximate surface area is 190 Å². The molecule has 2 N–H and O–H groups in total. The zero-order chi connectivity index (χ0) is 22.9. The fourth-order valence-corrected chi connectivity index (χ4v) is 4.25. The molecule has 2 aromatic rings. The fourth-order valence-electron chi connectivity index (χ4n) is 4.25. The Morgan fingerprint density at radius 3 is 2.69 bits per heavy atom. The van der Waals surface area contributed by atoms with Crippen molar-refractivity contribution in [3.8, 4) is 5.75 Å². The Bertz CT molecular complexity index is 942. The van der Waals surface area contributed by atoms with Gasteiger partial charge >= 0.3 is 5.97 Å². The van der Waals surface area contributed by atoms with Crippen molar-refractivity contribution in [3.63, 3.8) is 0 Å². The maximum absolute atomic E-state index is 13.6. The van der Waals surface area contributed by atoms with Gasteiger partial charge in [-0.05, 0) is 57.5 Å². The van der Waals surface area contributed by atoms with Crippen molar-refractivity contribution in [1.29, 1.82) is 0 Å². The number of hydrogen-bond acceptors (Lipinski definition) is 4. The van der Waals surface area contributed by atoms with Crippen LogP contribution in [0.1, 0.15) is 46.0 Å². The normalized spacial score (nSPS) is 16.5. The fraction of sp³-hybridized carbons (Fsp3) is 0.462. The van der Waals surface area contributed by atoms with Gasteiger partial charge in [0.25, 0.3) is 5.91 Å². The van der Waals surface area contributed by atoms with Crippen LogP contribution in [-0.2, 0) is 9.59 Å². The largest absolute Gasteiger partial charge is 0.488 e. The molecular weight excluding hydrogens is 404 g/mol. The summed E-state index contributed by atoms with van der Waals surface area (Å²) in [6.45, 7) is 6.01. The molecule has 0 saturated carbocycles. The molecule has 0 bridgehead atoms. The zero-order valence-corrected chi connectivity index (χ0v) is 19.0. The average Bonchev–Trinajstić information content (AvgIpc) is 3.29. The van der Waals surface area contributed by atoms with Crippen LogP contribution in [0.2, 0.25) is 0 Å². The second kappa shape index (κ2) is 11.7. The Morgan fingerprint density at radius 1 is 1.19 bits per heavy atom. The number of nitrogens with zero attached hydrogens (tertiary/aromatic N) is 1. The highest BCUT2D eigenvalue weighted by Gasteiger charge is 2.30. The molecule has 1 amide bonds. The molecule has 0 spiro atoms. The number of rotatable bonds is 11. The number of nitrogens with one attached hydrogen (secondary N) is 1. The molecule has 1 aliphatic heterocycles. The first kappa shape index (κ1) is 23.8. The highest BCUT2D eigenvalue weighted by atomic mass is 16.5. The molecule has 1 fully saturated rings. The summed E-state index contributed by atoms with van der Waals surface area (Å²) in [5.74, 6) is -0.0252. The molecule has 1 unspecified atom stereocenters. The predicted molar refractivity (Wildman–Crippen MR) is 127 cm³/mol. The molecule has 2 aromatic carbocycles. The average molecular weight is 439 g/mol. The minimum Gasteiger partial charge on any atom is -0.488 e. The molecule has 0 aliphatic carbocycles. The summed E-state index contributed by atoms with van der Waals surface area (Å²) in [6, 6.07) is 14.2. The lowest BCUT2D eigenvalue weighted by atomic mass is 10.1. The Balaban J connectivity index is 1.77. The number of fused-ring (bicyclic) bond motifs is 1. The van der Waals surface area contributed by atoms with Gasteiger partial charge in [-0.15, -0.1) is 0 Å². The van der Waals surface area contributed by atoms with Gasteiger partial charge in [0.1, 0.15) is 12.4 Å². The van der Waals surface area contributed by atoms with E-state index in [0.717, 1.165) is 42.5 Å². The van der Waals surface area contributed by atoms with Gasteiger partial charge in [0.15, 0.2) is 0 Å². The van der Waals surface area contributed by atoms with Crippen LogP contribution in [0.3, 0.4) is 0 Å². The molecule has 6 nitrogen and oxygen atoms in total. The topological polar surface area (TPSA) is 78.9 Å². The van der Waals surface area contributed by atoms with Crippen molar-refractivity contribution < 1.29 is 19.4 Å². The van der Waals surface area contributed by atoms with E-state index in [0.29, 0.717) is 18.4 Å². The maximum Gasteiger partial charge on any atom is 0.303 e. The van der Waals surface area contributed by atoms with E-state index >= 15 is 0 Å². The van der Waals surface area contributed by atoms with E-state index in [4.69, 9.17) is 9.84 Å². The monoisotopic (exact) mass is 438 g/mol. The number of carbonyl (C=O) groups excluding carboxylic acids is 1. The van der Waals surface area contributed by atoms with E-state index in [-0.39, 0.29) is 31.0 Å². The van der Waals surface area contributed by atoms with Crippen LogP contribution in [0.4, 0.5) is 0 Å². The number of allylic oxidation sites excluding steroid dienone is 1. The van der Waals surface area contributed by atoms with Crippen molar-refractivity contribution >= 4 is 22.6 Å². The number of unbranched alkanes of at least 4 members (excludes halogenated alkanes) is 2. The minimum absolute atomic E-state index is 0.00664. The number of amides is 1. The standard InChI is InChI=1S/C26H34N2O4/c1-19(2)28(22-15-16-27-17-22)26(31)21(10-4-3-5-14-25(29)30)18-32-24-13-8-11-20-9-6-7-12-23(20)24/h6-13,19,22,27H,3-5,14-18H2,1-2H3,(H,29,30)/b21-10+. The molecular formula is C26H34N2O4. The van der Waals surface area contributed by atoms with E-state index in [9.17, 15) is 9.59 Å². The van der Waals surface area contributed by atoms with E-state index in [2.05, 4.69) is 5.32 Å². The lowest BCUT2D eigenvalue weighted by Crippen LogP contribution is -2.47. The highest BCUT2D eigenvalue weighted by molar-refractivity contribution is 5.94. The lowest BCUT2D eigenvalue weighted by Gasteiger charge is -2.33. The van der Waals surface area contributed by atoms with Gasteiger partial charge < -0.3 is 20.1 Å². The molecule has 1 aliphatic rings. The van der Waals surface area contributed by atoms with Gasteiger partial charge in [-0.3, -0.25) is 9.59 Å². The Kier molecular flexibility index (Phi) is 8.68. The summed E-state index contributed by atoms with van der Waals surface area (Å²) in [7, 11) is 0. The van der Waals surface area contributed by atoms with Gasteiger partial charge in [-0.1, -0.05) is 42.5 Å². The minimum atomic E-state index is -0.788. The molecule has 32 heavy (non-hydrogen) atoms. The Morgan fingerprint density at radius 2 is 1.97 bits per heavy atom. The van der Waals surface area contributed by atoms with Crippen LogP contribution in [-0.4, -0.2) is 53.7 Å². The van der Waals surface area contributed by atoms with E-state index in [1.165, 1.54) is 0 Å². The van der Waals surface area contributed by atoms with Crippen molar-refractivity contribution in [1.82, 2.24) is 10.2 Å². The SMILES string of the molecule is CC(C)N(C(=O)/C(=C/CCCCC(=O)O)COc1cccc2ccccc12)C1CCNC1. The first-order chi connectivity index (χ1) is 15.5. The lowest BCUT2D eigenvalue weighted by molar-refractivity contribution is -0.137. The molecule has 3 rings (SSSR count).